The fraction of sp³-hybridized carbons (Fsp3) is 0.250. The molecule has 1 saturated heterocycles. The van der Waals surface area contributed by atoms with E-state index in [1.54, 1.807) is 17.4 Å². The number of carbonyl (C=O) groups excluding carboxylic acids is 1. The first kappa shape index (κ1) is 23.6. The van der Waals surface area contributed by atoms with E-state index < -0.39 is 0 Å². The zero-order valence-electron chi connectivity index (χ0n) is 20.3. The van der Waals surface area contributed by atoms with E-state index in [0.29, 0.717) is 23.6 Å². The van der Waals surface area contributed by atoms with Crippen molar-refractivity contribution in [2.75, 3.05) is 44.2 Å². The average molecular weight is 514 g/mol. The van der Waals surface area contributed by atoms with Gasteiger partial charge in [-0.1, -0.05) is 41.6 Å². The van der Waals surface area contributed by atoms with Crippen LogP contribution in [0, 0.1) is 0 Å². The summed E-state index contributed by atoms with van der Waals surface area (Å²) in [5.74, 6) is 0.479. The van der Waals surface area contributed by atoms with Gasteiger partial charge in [0.2, 0.25) is 0 Å². The van der Waals surface area contributed by atoms with Crippen LogP contribution in [0.1, 0.15) is 16.1 Å². The lowest BCUT2D eigenvalue weighted by molar-refractivity contribution is 0.0950. The summed E-state index contributed by atoms with van der Waals surface area (Å²) in [6.45, 7) is 4.14. The van der Waals surface area contributed by atoms with Crippen LogP contribution in [-0.2, 0) is 6.54 Å². The molecule has 3 aromatic heterocycles. The van der Waals surface area contributed by atoms with Crippen molar-refractivity contribution in [1.82, 2.24) is 20.4 Å². The summed E-state index contributed by atoms with van der Waals surface area (Å²) in [7, 11) is 0. The van der Waals surface area contributed by atoms with E-state index in [4.69, 9.17) is 9.51 Å². The van der Waals surface area contributed by atoms with Crippen LogP contribution in [0.4, 0.5) is 5.82 Å². The van der Waals surface area contributed by atoms with Crippen molar-refractivity contribution < 1.29 is 14.4 Å². The number of hydrogen-bond acceptors (Lipinski definition) is 8. The maximum absolute atomic E-state index is 13.3. The van der Waals surface area contributed by atoms with Crippen molar-refractivity contribution in [2.24, 2.45) is 0 Å². The van der Waals surface area contributed by atoms with Crippen LogP contribution in [0.25, 0.3) is 31.4 Å². The van der Waals surface area contributed by atoms with E-state index in [-0.39, 0.29) is 19.1 Å². The van der Waals surface area contributed by atoms with Gasteiger partial charge in [-0.15, -0.1) is 11.3 Å². The number of anilines is 1. The Morgan fingerprint density at radius 3 is 2.65 bits per heavy atom. The maximum atomic E-state index is 13.3. The van der Waals surface area contributed by atoms with Crippen molar-refractivity contribution in [1.29, 1.82) is 0 Å². The third-order valence-corrected chi connectivity index (χ3v) is 8.03. The van der Waals surface area contributed by atoms with Gasteiger partial charge in [0.15, 0.2) is 0 Å². The number of thiophene rings is 1. The normalized spacial score (nSPS) is 14.5. The van der Waals surface area contributed by atoms with Gasteiger partial charge in [-0.2, -0.15) is 0 Å². The molecular weight excluding hydrogens is 486 g/mol. The van der Waals surface area contributed by atoms with Crippen molar-refractivity contribution in [3.05, 3.63) is 78.2 Å². The monoisotopic (exact) mass is 513 g/mol. The largest absolute Gasteiger partial charge is 0.395 e. The molecule has 37 heavy (non-hydrogen) atoms. The molecule has 188 valence electrons. The lowest BCUT2D eigenvalue weighted by Gasteiger charge is -2.36. The lowest BCUT2D eigenvalue weighted by atomic mass is 10.1. The highest BCUT2D eigenvalue weighted by Gasteiger charge is 2.24. The summed E-state index contributed by atoms with van der Waals surface area (Å²) in [6.07, 6.45) is 1.49. The first-order valence-electron chi connectivity index (χ1n) is 12.4. The number of rotatable bonds is 7. The van der Waals surface area contributed by atoms with Gasteiger partial charge in [0.1, 0.15) is 17.8 Å². The molecule has 2 N–H and O–H groups in total. The Balaban J connectivity index is 1.38. The summed E-state index contributed by atoms with van der Waals surface area (Å²) >= 11 is 1.77. The van der Waals surface area contributed by atoms with E-state index in [2.05, 4.69) is 62.7 Å². The molecule has 4 heterocycles. The summed E-state index contributed by atoms with van der Waals surface area (Å²) in [6, 6.07) is 20.3. The first-order valence-corrected chi connectivity index (χ1v) is 13.2. The van der Waals surface area contributed by atoms with Gasteiger partial charge in [0.25, 0.3) is 5.91 Å². The molecular formula is C28H27N5O3S. The van der Waals surface area contributed by atoms with Gasteiger partial charge in [-0.25, -0.2) is 4.98 Å². The maximum Gasteiger partial charge on any atom is 0.255 e. The Labute approximate surface area is 218 Å². The lowest BCUT2D eigenvalue weighted by Crippen LogP contribution is -2.48. The van der Waals surface area contributed by atoms with Gasteiger partial charge in [-0.05, 0) is 18.2 Å². The molecule has 0 unspecified atom stereocenters. The highest BCUT2D eigenvalue weighted by molar-refractivity contribution is 7.26. The highest BCUT2D eigenvalue weighted by Crippen LogP contribution is 2.39. The Hall–Kier alpha value is -3.79. The van der Waals surface area contributed by atoms with Crippen LogP contribution < -0.4 is 10.2 Å². The molecule has 1 amide bonds. The number of hydrogen-bond donors (Lipinski definition) is 2. The Bertz CT molecular complexity index is 1540. The molecule has 6 rings (SSSR count). The minimum absolute atomic E-state index is 0.141. The molecule has 0 aliphatic carbocycles. The quantitative estimate of drug-likeness (QED) is 0.338. The topological polar surface area (TPSA) is 94.7 Å². The Morgan fingerprint density at radius 2 is 1.84 bits per heavy atom. The van der Waals surface area contributed by atoms with Crippen LogP contribution in [0.5, 0.6) is 0 Å². The van der Waals surface area contributed by atoms with Crippen molar-refractivity contribution in [3.63, 3.8) is 0 Å². The minimum Gasteiger partial charge on any atom is -0.395 e. The van der Waals surface area contributed by atoms with E-state index in [0.717, 1.165) is 37.4 Å². The molecule has 2 aromatic carbocycles. The molecule has 5 aromatic rings. The minimum atomic E-state index is -0.199. The molecule has 1 aliphatic rings. The number of aromatic nitrogens is 2. The number of fused-ring (bicyclic) bond motifs is 3. The number of benzene rings is 2. The SMILES string of the molecule is O=C(NCc1ccon1)c1ccc(-c2cccc3c2sc2ccccc23)nc1N1CCN(CCO)CC1. The van der Waals surface area contributed by atoms with E-state index >= 15 is 0 Å². The number of amides is 1. The Morgan fingerprint density at radius 1 is 1.00 bits per heavy atom. The van der Waals surface area contributed by atoms with Crippen LogP contribution in [-0.4, -0.2) is 65.4 Å². The van der Waals surface area contributed by atoms with E-state index in [9.17, 15) is 9.90 Å². The number of pyridine rings is 1. The second-order valence-corrected chi connectivity index (χ2v) is 10.1. The predicted octanol–water partition coefficient (Wildman–Crippen LogP) is 4.15. The second-order valence-electron chi connectivity index (χ2n) is 9.07. The molecule has 0 spiro atoms. The summed E-state index contributed by atoms with van der Waals surface area (Å²) in [5.41, 5.74) is 3.10. The van der Waals surface area contributed by atoms with Gasteiger partial charge in [-0.3, -0.25) is 9.69 Å². The average Bonchev–Trinajstić information content (AvgIpc) is 3.60. The summed E-state index contributed by atoms with van der Waals surface area (Å²) in [4.78, 5) is 22.8. The molecule has 1 aliphatic heterocycles. The standard InChI is InChI=1S/C28H27N5O3S/c34-16-15-32-11-13-33(14-12-32)27-23(28(35)29-18-19-10-17-36-31-19)8-9-24(30-27)22-6-3-5-21-20-4-1-2-7-25(20)37-26(21)22/h1-10,17,34H,11-16,18H2,(H,29,35). The highest BCUT2D eigenvalue weighted by atomic mass is 32.1. The molecule has 0 radical (unpaired) electrons. The van der Waals surface area contributed by atoms with E-state index in [1.165, 1.54) is 26.4 Å². The molecule has 0 atom stereocenters. The number of piperazine rings is 1. The number of β-amino-alcohol motifs (C(OH)–C–C–N with tert-alkyl or cyclic N) is 1. The fourth-order valence-electron chi connectivity index (χ4n) is 4.89. The van der Waals surface area contributed by atoms with Gasteiger partial charge >= 0.3 is 0 Å². The first-order chi connectivity index (χ1) is 18.2. The van der Waals surface area contributed by atoms with Gasteiger partial charge in [0, 0.05) is 64.5 Å². The zero-order chi connectivity index (χ0) is 25.2. The summed E-state index contributed by atoms with van der Waals surface area (Å²) in [5, 5.41) is 18.6. The van der Waals surface area contributed by atoms with Crippen molar-refractivity contribution in [2.45, 2.75) is 6.54 Å². The molecule has 0 bridgehead atoms. The Kier molecular flexibility index (Phi) is 6.57. The molecule has 0 saturated carbocycles. The van der Waals surface area contributed by atoms with Gasteiger partial charge < -0.3 is 19.8 Å². The zero-order valence-corrected chi connectivity index (χ0v) is 21.1. The third kappa shape index (κ3) is 4.69. The van der Waals surface area contributed by atoms with Crippen molar-refractivity contribution >= 4 is 43.2 Å². The van der Waals surface area contributed by atoms with Gasteiger partial charge in [0.05, 0.1) is 24.4 Å². The fourth-order valence-corrected chi connectivity index (χ4v) is 6.11. The number of aliphatic hydroxyl groups excluding tert-OH is 1. The van der Waals surface area contributed by atoms with Crippen LogP contribution >= 0.6 is 11.3 Å². The van der Waals surface area contributed by atoms with Crippen LogP contribution in [0.3, 0.4) is 0 Å². The number of aliphatic hydroxyl groups is 1. The second kappa shape index (κ2) is 10.3. The van der Waals surface area contributed by atoms with Crippen LogP contribution in [0.2, 0.25) is 0 Å². The summed E-state index contributed by atoms with van der Waals surface area (Å²) < 4.78 is 7.32. The van der Waals surface area contributed by atoms with E-state index in [1.807, 2.05) is 12.1 Å². The molecule has 1 fully saturated rings. The number of nitrogens with zero attached hydrogens (tertiary/aromatic N) is 4. The van der Waals surface area contributed by atoms with Crippen LogP contribution in [0.15, 0.2) is 71.4 Å². The molecule has 9 heteroatoms. The molecule has 8 nitrogen and oxygen atoms in total. The predicted molar refractivity (Wildman–Crippen MR) is 146 cm³/mol. The number of carbonyl (C=O) groups is 1. The third-order valence-electron chi connectivity index (χ3n) is 6.81. The number of nitrogens with one attached hydrogen (secondary N) is 1. The van der Waals surface area contributed by atoms with Crippen molar-refractivity contribution in [3.8, 4) is 11.3 Å². The smallest absolute Gasteiger partial charge is 0.255 e.